The Hall–Kier alpha value is -4.24. The third-order valence-corrected chi connectivity index (χ3v) is 8.21. The minimum atomic E-state index is -0.582. The van der Waals surface area contributed by atoms with Gasteiger partial charge in [0.1, 0.15) is 23.5 Å². The number of hydrogen-bond acceptors (Lipinski definition) is 8. The van der Waals surface area contributed by atoms with Crippen LogP contribution in [0.4, 0.5) is 22.7 Å². The lowest BCUT2D eigenvalue weighted by Gasteiger charge is -2.30. The third kappa shape index (κ3) is 11.0. The second-order valence-corrected chi connectivity index (χ2v) is 11.7. The predicted octanol–water partition coefficient (Wildman–Crippen LogP) is 9.53. The summed E-state index contributed by atoms with van der Waals surface area (Å²) in [6, 6.07) is 10.6. The zero-order valence-corrected chi connectivity index (χ0v) is 28.2. The van der Waals surface area contributed by atoms with Crippen molar-refractivity contribution in [2.24, 2.45) is 22.1 Å². The van der Waals surface area contributed by atoms with E-state index in [1.54, 1.807) is 0 Å². The summed E-state index contributed by atoms with van der Waals surface area (Å²) in [4.78, 5) is 27.4. The molecule has 0 heterocycles. The van der Waals surface area contributed by atoms with Gasteiger partial charge in [-0.3, -0.25) is 4.79 Å². The standard InChI is InChI=1S/C36H50N6O3/c1-8-13-15-27(10-3)23-42(12-5)34-20-32(39-26(7)43)33(17-25(34)6)40-41-35-30(21-37)18-29(19-31(35)22-38)36(44)45-24-28(11-4)16-14-9-2/h17-20,27-28H,8-16,23-24H2,1-7H3,(H,39,43). The molecule has 1 amide bonds. The van der Waals surface area contributed by atoms with Gasteiger partial charge in [-0.25, -0.2) is 4.79 Å². The van der Waals surface area contributed by atoms with Crippen molar-refractivity contribution >= 4 is 34.6 Å². The summed E-state index contributed by atoms with van der Waals surface area (Å²) in [5.74, 6) is -0.00633. The minimum Gasteiger partial charge on any atom is -0.462 e. The number of anilines is 2. The summed E-state index contributed by atoms with van der Waals surface area (Å²) in [6.07, 6.45) is 8.64. The lowest BCUT2D eigenvalue weighted by Crippen LogP contribution is -2.30. The number of carbonyl (C=O) groups is 2. The molecule has 0 aliphatic heterocycles. The molecule has 1 N–H and O–H groups in total. The number of unbranched alkanes of at least 4 members (excludes halogenated alkanes) is 2. The number of nitrogens with one attached hydrogen (secondary N) is 1. The van der Waals surface area contributed by atoms with Crippen LogP contribution in [0.3, 0.4) is 0 Å². The molecule has 2 aromatic rings. The van der Waals surface area contributed by atoms with Gasteiger partial charge in [-0.05, 0) is 68.4 Å². The van der Waals surface area contributed by atoms with Crippen LogP contribution >= 0.6 is 0 Å². The number of esters is 1. The molecule has 0 fully saturated rings. The first-order valence-electron chi connectivity index (χ1n) is 16.4. The van der Waals surface area contributed by atoms with Crippen molar-refractivity contribution in [2.45, 2.75) is 99.8 Å². The first-order valence-corrected chi connectivity index (χ1v) is 16.4. The van der Waals surface area contributed by atoms with Gasteiger partial charge in [0.05, 0.1) is 29.0 Å². The molecular weight excluding hydrogens is 564 g/mol. The van der Waals surface area contributed by atoms with Crippen molar-refractivity contribution in [2.75, 3.05) is 29.9 Å². The van der Waals surface area contributed by atoms with Crippen LogP contribution in [0.1, 0.15) is 120 Å². The monoisotopic (exact) mass is 614 g/mol. The number of rotatable bonds is 18. The van der Waals surface area contributed by atoms with Crippen molar-refractivity contribution in [1.82, 2.24) is 0 Å². The van der Waals surface area contributed by atoms with E-state index >= 15 is 0 Å². The summed E-state index contributed by atoms with van der Waals surface area (Å²) >= 11 is 0. The number of azo groups is 1. The second-order valence-electron chi connectivity index (χ2n) is 11.7. The molecule has 0 saturated heterocycles. The molecule has 0 bridgehead atoms. The first kappa shape index (κ1) is 36.9. The van der Waals surface area contributed by atoms with E-state index in [0.29, 0.717) is 17.3 Å². The van der Waals surface area contributed by atoms with E-state index in [1.165, 1.54) is 38.3 Å². The Kier molecular flexibility index (Phi) is 15.8. The lowest BCUT2D eigenvalue weighted by atomic mass is 9.98. The smallest absolute Gasteiger partial charge is 0.338 e. The average Bonchev–Trinajstić information content (AvgIpc) is 3.04. The molecule has 2 aromatic carbocycles. The van der Waals surface area contributed by atoms with Crippen molar-refractivity contribution < 1.29 is 14.3 Å². The van der Waals surface area contributed by atoms with Crippen LogP contribution in [0.5, 0.6) is 0 Å². The van der Waals surface area contributed by atoms with Crippen molar-refractivity contribution in [1.29, 1.82) is 10.5 Å². The van der Waals surface area contributed by atoms with Crippen LogP contribution in [0.2, 0.25) is 0 Å². The largest absolute Gasteiger partial charge is 0.462 e. The van der Waals surface area contributed by atoms with Crippen molar-refractivity contribution in [3.63, 3.8) is 0 Å². The van der Waals surface area contributed by atoms with E-state index in [2.05, 4.69) is 55.1 Å². The molecule has 0 saturated carbocycles. The normalized spacial score (nSPS) is 12.3. The van der Waals surface area contributed by atoms with E-state index in [4.69, 9.17) is 4.74 Å². The molecule has 2 rings (SSSR count). The molecule has 0 spiro atoms. The Balaban J connectivity index is 2.45. The van der Waals surface area contributed by atoms with Crippen molar-refractivity contribution in [3.8, 4) is 12.1 Å². The summed E-state index contributed by atoms with van der Waals surface area (Å²) in [5, 5.41) is 31.4. The third-order valence-electron chi connectivity index (χ3n) is 8.21. The van der Waals surface area contributed by atoms with E-state index < -0.39 is 5.97 Å². The van der Waals surface area contributed by atoms with Gasteiger partial charge in [0.2, 0.25) is 5.91 Å². The van der Waals surface area contributed by atoms with Gasteiger partial charge >= 0.3 is 5.97 Å². The average molecular weight is 615 g/mol. The molecule has 9 nitrogen and oxygen atoms in total. The maximum absolute atomic E-state index is 12.9. The quantitative estimate of drug-likeness (QED) is 0.131. The van der Waals surface area contributed by atoms with Gasteiger partial charge in [0.15, 0.2) is 0 Å². The van der Waals surface area contributed by atoms with Gasteiger partial charge < -0.3 is 15.0 Å². The Labute approximate surface area is 269 Å². The molecule has 9 heteroatoms. The fourth-order valence-corrected chi connectivity index (χ4v) is 5.33. The van der Waals surface area contributed by atoms with Crippen molar-refractivity contribution in [3.05, 3.63) is 46.5 Å². The number of carbonyl (C=O) groups excluding carboxylic acids is 2. The number of benzene rings is 2. The Bertz CT molecular complexity index is 1370. The Morgan fingerprint density at radius 3 is 2.02 bits per heavy atom. The summed E-state index contributed by atoms with van der Waals surface area (Å²) < 4.78 is 5.55. The van der Waals surface area contributed by atoms with E-state index in [9.17, 15) is 20.1 Å². The summed E-state index contributed by atoms with van der Waals surface area (Å²) in [5.41, 5.74) is 3.10. The van der Waals surface area contributed by atoms with Gasteiger partial charge in [-0.2, -0.15) is 10.5 Å². The first-order chi connectivity index (χ1) is 21.6. The summed E-state index contributed by atoms with van der Waals surface area (Å²) in [7, 11) is 0. The molecule has 0 aliphatic rings. The number of aryl methyl sites for hydroxylation is 1. The van der Waals surface area contributed by atoms with Crippen LogP contribution in [0.25, 0.3) is 0 Å². The Morgan fingerprint density at radius 2 is 1.51 bits per heavy atom. The predicted molar refractivity (Wildman–Crippen MR) is 180 cm³/mol. The highest BCUT2D eigenvalue weighted by molar-refractivity contribution is 5.93. The molecule has 2 unspecified atom stereocenters. The topological polar surface area (TPSA) is 131 Å². The zero-order valence-electron chi connectivity index (χ0n) is 28.2. The van der Waals surface area contributed by atoms with Crippen LogP contribution < -0.4 is 10.2 Å². The number of nitrogens with zero attached hydrogens (tertiary/aromatic N) is 5. The highest BCUT2D eigenvalue weighted by Gasteiger charge is 2.20. The highest BCUT2D eigenvalue weighted by Crippen LogP contribution is 2.36. The molecule has 0 aliphatic carbocycles. The highest BCUT2D eigenvalue weighted by atomic mass is 16.5. The van der Waals surface area contributed by atoms with E-state index in [-0.39, 0.29) is 40.8 Å². The number of nitriles is 2. The second kappa shape index (κ2) is 19.2. The SMILES string of the molecule is CCCCC(CC)COC(=O)c1cc(C#N)c(N=Nc2cc(C)c(N(CC)CC(CC)CCCC)cc2NC(C)=O)c(C#N)c1. The fraction of sp³-hybridized carbons (Fsp3) is 0.556. The number of hydrogen-bond donors (Lipinski definition) is 1. The van der Waals surface area contributed by atoms with Gasteiger partial charge in [-0.15, -0.1) is 10.2 Å². The van der Waals surface area contributed by atoms with E-state index in [0.717, 1.165) is 56.4 Å². The van der Waals surface area contributed by atoms with Crippen LogP contribution in [0.15, 0.2) is 34.5 Å². The van der Waals surface area contributed by atoms with Crippen LogP contribution in [-0.4, -0.2) is 31.6 Å². The molecular formula is C36H50N6O3. The van der Waals surface area contributed by atoms with Crippen LogP contribution in [0, 0.1) is 41.4 Å². The minimum absolute atomic E-state index is 0.0343. The molecule has 0 radical (unpaired) electrons. The Morgan fingerprint density at radius 1 is 0.911 bits per heavy atom. The fourth-order valence-electron chi connectivity index (χ4n) is 5.33. The van der Waals surface area contributed by atoms with Gasteiger partial charge in [0.25, 0.3) is 0 Å². The maximum atomic E-state index is 12.9. The molecule has 45 heavy (non-hydrogen) atoms. The maximum Gasteiger partial charge on any atom is 0.338 e. The summed E-state index contributed by atoms with van der Waals surface area (Å²) in [6.45, 7) is 16.2. The molecule has 242 valence electrons. The molecule has 0 aromatic heterocycles. The number of ether oxygens (including phenoxy) is 1. The molecule has 2 atom stereocenters. The zero-order chi connectivity index (χ0) is 33.4. The van der Waals surface area contributed by atoms with Gasteiger partial charge in [0, 0.05) is 25.7 Å². The van der Waals surface area contributed by atoms with Gasteiger partial charge in [-0.1, -0.05) is 66.2 Å². The number of amides is 1. The van der Waals surface area contributed by atoms with E-state index in [1.807, 2.05) is 31.2 Å². The lowest BCUT2D eigenvalue weighted by molar-refractivity contribution is -0.114. The van der Waals surface area contributed by atoms with Crippen LogP contribution in [-0.2, 0) is 9.53 Å².